The van der Waals surface area contributed by atoms with Crippen molar-refractivity contribution < 1.29 is 14.3 Å². The highest BCUT2D eigenvalue weighted by Crippen LogP contribution is 2.31. The first kappa shape index (κ1) is 20.6. The smallest absolute Gasteiger partial charge is 0.341 e. The molecule has 0 aromatic heterocycles. The average Bonchev–Trinajstić information content (AvgIpc) is 2.63. The lowest BCUT2D eigenvalue weighted by atomic mass is 9.99. The molecule has 0 spiro atoms. The minimum atomic E-state index is -0.815. The van der Waals surface area contributed by atoms with Crippen LogP contribution < -0.4 is 5.32 Å². The molecule has 7 heteroatoms. The number of amides is 1. The number of halogens is 3. The number of carbonyl (C=O) groups excluding carboxylic acids is 2. The number of carbonyl (C=O) groups is 2. The van der Waals surface area contributed by atoms with Crippen LogP contribution in [0.3, 0.4) is 0 Å². The Hall–Kier alpha value is -1.75. The SMILES string of the molecule is CC[C@@H](C)c1ccc(NC(=O)COC(=O)c2c(Cl)ccc(Cl)c2Cl)cc1. The minimum Gasteiger partial charge on any atom is -0.452 e. The highest BCUT2D eigenvalue weighted by atomic mass is 35.5. The second kappa shape index (κ2) is 9.26. The molecule has 26 heavy (non-hydrogen) atoms. The largest absolute Gasteiger partial charge is 0.452 e. The van der Waals surface area contributed by atoms with Gasteiger partial charge in [0.2, 0.25) is 0 Å². The van der Waals surface area contributed by atoms with E-state index in [0.717, 1.165) is 6.42 Å². The van der Waals surface area contributed by atoms with Gasteiger partial charge >= 0.3 is 5.97 Å². The lowest BCUT2D eigenvalue weighted by Gasteiger charge is -2.11. The Labute approximate surface area is 167 Å². The van der Waals surface area contributed by atoms with Crippen LogP contribution in [0.15, 0.2) is 36.4 Å². The maximum absolute atomic E-state index is 12.1. The van der Waals surface area contributed by atoms with E-state index in [9.17, 15) is 9.59 Å². The van der Waals surface area contributed by atoms with Gasteiger partial charge in [0.1, 0.15) is 0 Å². The molecule has 4 nitrogen and oxygen atoms in total. The summed E-state index contributed by atoms with van der Waals surface area (Å²) in [5, 5.41) is 2.93. The van der Waals surface area contributed by atoms with E-state index in [4.69, 9.17) is 39.5 Å². The zero-order valence-corrected chi connectivity index (χ0v) is 16.6. The van der Waals surface area contributed by atoms with Gasteiger partial charge in [-0.1, -0.05) is 60.8 Å². The number of anilines is 1. The summed E-state index contributed by atoms with van der Waals surface area (Å²) in [5.41, 5.74) is 1.76. The van der Waals surface area contributed by atoms with Crippen molar-refractivity contribution in [2.45, 2.75) is 26.2 Å². The predicted molar refractivity (Wildman–Crippen MR) is 106 cm³/mol. The van der Waals surface area contributed by atoms with Crippen LogP contribution in [0, 0.1) is 0 Å². The number of ether oxygens (including phenoxy) is 1. The van der Waals surface area contributed by atoms with Crippen molar-refractivity contribution in [2.75, 3.05) is 11.9 Å². The lowest BCUT2D eigenvalue weighted by molar-refractivity contribution is -0.119. The fourth-order valence-corrected chi connectivity index (χ4v) is 2.93. The second-order valence-corrected chi connectivity index (χ2v) is 6.97. The van der Waals surface area contributed by atoms with Crippen LogP contribution in [-0.2, 0) is 9.53 Å². The van der Waals surface area contributed by atoms with Gasteiger partial charge in [0.15, 0.2) is 6.61 Å². The van der Waals surface area contributed by atoms with E-state index in [-0.39, 0.29) is 20.6 Å². The minimum absolute atomic E-state index is 0.00907. The van der Waals surface area contributed by atoms with E-state index < -0.39 is 18.5 Å². The van der Waals surface area contributed by atoms with Crippen LogP contribution in [0.4, 0.5) is 5.69 Å². The van der Waals surface area contributed by atoms with Crippen LogP contribution >= 0.6 is 34.8 Å². The molecule has 0 aliphatic rings. The average molecular weight is 415 g/mol. The fraction of sp³-hybridized carbons (Fsp3) is 0.263. The monoisotopic (exact) mass is 413 g/mol. The Kier molecular flexibility index (Phi) is 7.33. The molecule has 0 bridgehead atoms. The van der Waals surface area contributed by atoms with Gasteiger partial charge in [0.05, 0.1) is 20.6 Å². The topological polar surface area (TPSA) is 55.4 Å². The normalized spacial score (nSPS) is 11.7. The van der Waals surface area contributed by atoms with Crippen LogP contribution in [0.25, 0.3) is 0 Å². The molecule has 1 N–H and O–H groups in total. The molecule has 0 saturated carbocycles. The number of nitrogens with one attached hydrogen (secondary N) is 1. The Morgan fingerprint density at radius 1 is 1.04 bits per heavy atom. The van der Waals surface area contributed by atoms with Crippen molar-refractivity contribution in [1.82, 2.24) is 0 Å². The first-order chi connectivity index (χ1) is 12.3. The van der Waals surface area contributed by atoms with E-state index in [1.54, 1.807) is 0 Å². The van der Waals surface area contributed by atoms with Crippen LogP contribution in [0.5, 0.6) is 0 Å². The molecule has 2 aromatic carbocycles. The first-order valence-corrected chi connectivity index (χ1v) is 9.17. The van der Waals surface area contributed by atoms with Gasteiger partial charge in [0.25, 0.3) is 5.91 Å². The summed E-state index contributed by atoms with van der Waals surface area (Å²) in [6.07, 6.45) is 1.04. The summed E-state index contributed by atoms with van der Waals surface area (Å²) in [6, 6.07) is 10.4. The Balaban J connectivity index is 1.95. The number of hydrogen-bond donors (Lipinski definition) is 1. The first-order valence-electron chi connectivity index (χ1n) is 8.03. The zero-order valence-electron chi connectivity index (χ0n) is 14.3. The van der Waals surface area contributed by atoms with Crippen molar-refractivity contribution in [3.63, 3.8) is 0 Å². The third kappa shape index (κ3) is 5.13. The number of benzene rings is 2. The number of hydrogen-bond acceptors (Lipinski definition) is 3. The van der Waals surface area contributed by atoms with E-state index in [1.807, 2.05) is 24.3 Å². The Morgan fingerprint density at radius 3 is 2.27 bits per heavy atom. The van der Waals surface area contributed by atoms with Crippen molar-refractivity contribution >= 4 is 52.4 Å². The molecule has 0 aliphatic carbocycles. The Morgan fingerprint density at radius 2 is 1.65 bits per heavy atom. The summed E-state index contributed by atoms with van der Waals surface area (Å²) in [7, 11) is 0. The molecule has 2 rings (SSSR count). The highest BCUT2D eigenvalue weighted by Gasteiger charge is 2.19. The molecule has 0 saturated heterocycles. The van der Waals surface area contributed by atoms with Gasteiger partial charge in [-0.25, -0.2) is 4.79 Å². The summed E-state index contributed by atoms with van der Waals surface area (Å²) in [5.74, 6) is -0.832. The molecule has 0 fully saturated rings. The van der Waals surface area contributed by atoms with Crippen molar-refractivity contribution in [3.8, 4) is 0 Å². The highest BCUT2D eigenvalue weighted by molar-refractivity contribution is 6.46. The van der Waals surface area contributed by atoms with Crippen LogP contribution in [0.2, 0.25) is 15.1 Å². The standard InChI is InChI=1S/C19H18Cl3NO3/c1-3-11(2)12-4-6-13(7-5-12)23-16(24)10-26-19(25)17-14(20)8-9-15(21)18(17)22/h4-9,11H,3,10H2,1-2H3,(H,23,24)/t11-/m1/s1. The van der Waals surface area contributed by atoms with Gasteiger partial charge in [0, 0.05) is 5.69 Å². The van der Waals surface area contributed by atoms with Crippen molar-refractivity contribution in [2.24, 2.45) is 0 Å². The quantitative estimate of drug-likeness (QED) is 0.469. The van der Waals surface area contributed by atoms with E-state index in [0.29, 0.717) is 11.6 Å². The lowest BCUT2D eigenvalue weighted by Crippen LogP contribution is -2.21. The molecular weight excluding hydrogens is 397 g/mol. The van der Waals surface area contributed by atoms with Gasteiger partial charge in [-0.15, -0.1) is 0 Å². The maximum Gasteiger partial charge on any atom is 0.341 e. The van der Waals surface area contributed by atoms with E-state index in [2.05, 4.69) is 19.2 Å². The molecule has 0 aliphatic heterocycles. The van der Waals surface area contributed by atoms with Crippen LogP contribution in [-0.4, -0.2) is 18.5 Å². The van der Waals surface area contributed by atoms with Crippen molar-refractivity contribution in [3.05, 3.63) is 62.6 Å². The third-order valence-corrected chi connectivity index (χ3v) is 5.08. The van der Waals surface area contributed by atoms with Crippen molar-refractivity contribution in [1.29, 1.82) is 0 Å². The summed E-state index contributed by atoms with van der Waals surface area (Å²) in [4.78, 5) is 24.1. The molecule has 0 heterocycles. The molecule has 0 unspecified atom stereocenters. The third-order valence-electron chi connectivity index (χ3n) is 3.96. The maximum atomic E-state index is 12.1. The summed E-state index contributed by atoms with van der Waals surface area (Å²) >= 11 is 17.8. The van der Waals surface area contributed by atoms with Gasteiger partial charge in [-0.3, -0.25) is 4.79 Å². The number of esters is 1. The molecule has 2 aromatic rings. The number of rotatable bonds is 6. The summed E-state index contributed by atoms with van der Waals surface area (Å²) < 4.78 is 4.98. The molecule has 0 radical (unpaired) electrons. The van der Waals surface area contributed by atoms with E-state index in [1.165, 1.54) is 17.7 Å². The molecule has 1 atom stereocenters. The summed E-state index contributed by atoms with van der Waals surface area (Å²) in [6.45, 7) is 3.79. The Bertz CT molecular complexity index is 806. The van der Waals surface area contributed by atoms with E-state index >= 15 is 0 Å². The van der Waals surface area contributed by atoms with Gasteiger partial charge in [-0.05, 0) is 42.2 Å². The zero-order chi connectivity index (χ0) is 19.3. The van der Waals surface area contributed by atoms with Gasteiger partial charge in [-0.2, -0.15) is 0 Å². The van der Waals surface area contributed by atoms with Crippen LogP contribution in [0.1, 0.15) is 42.1 Å². The fourth-order valence-electron chi connectivity index (χ4n) is 2.25. The second-order valence-electron chi connectivity index (χ2n) is 5.77. The molecular formula is C19H18Cl3NO3. The van der Waals surface area contributed by atoms with Gasteiger partial charge < -0.3 is 10.1 Å². The molecule has 1 amide bonds. The predicted octanol–water partition coefficient (Wildman–Crippen LogP) is 5.96. The molecule has 138 valence electrons.